The molecule has 4 nitrogen and oxygen atoms in total. The van der Waals surface area contributed by atoms with Crippen LogP contribution in [0.4, 0.5) is 0 Å². The van der Waals surface area contributed by atoms with Gasteiger partial charge in [-0.3, -0.25) is 0 Å². The summed E-state index contributed by atoms with van der Waals surface area (Å²) in [5, 5.41) is 0. The second-order valence-corrected chi connectivity index (χ2v) is 6.82. The molecular formula is C10H21ClN2O2S. The predicted octanol–water partition coefficient (Wildman–Crippen LogP) is 1.66. The Morgan fingerprint density at radius 1 is 1.38 bits per heavy atom. The van der Waals surface area contributed by atoms with Crippen LogP contribution in [-0.2, 0) is 10.2 Å². The van der Waals surface area contributed by atoms with E-state index in [0.717, 1.165) is 19.3 Å². The highest BCUT2D eigenvalue weighted by Gasteiger charge is 2.36. The lowest BCUT2D eigenvalue weighted by Crippen LogP contribution is -2.52. The van der Waals surface area contributed by atoms with Crippen molar-refractivity contribution in [2.45, 2.75) is 45.2 Å². The van der Waals surface area contributed by atoms with Crippen molar-refractivity contribution in [3.8, 4) is 0 Å². The number of alkyl halides is 1. The Morgan fingerprint density at radius 3 is 2.25 bits per heavy atom. The van der Waals surface area contributed by atoms with Crippen molar-refractivity contribution in [2.24, 2.45) is 0 Å². The zero-order chi connectivity index (χ0) is 12.3. The summed E-state index contributed by atoms with van der Waals surface area (Å²) in [6.45, 7) is 4.15. The lowest BCUT2D eigenvalue weighted by atomic mass is 9.93. The topological polar surface area (TPSA) is 40.6 Å². The number of nitrogens with zero attached hydrogens (tertiary/aromatic N) is 2. The van der Waals surface area contributed by atoms with Crippen LogP contribution in [0.2, 0.25) is 0 Å². The van der Waals surface area contributed by atoms with E-state index in [1.54, 1.807) is 11.4 Å². The minimum absolute atomic E-state index is 0.0251. The van der Waals surface area contributed by atoms with E-state index in [1.165, 1.54) is 4.31 Å². The van der Waals surface area contributed by atoms with E-state index in [0.29, 0.717) is 12.4 Å². The maximum atomic E-state index is 12.3. The fraction of sp³-hybridized carbons (Fsp3) is 1.00. The Balaban J connectivity index is 2.83. The minimum Gasteiger partial charge on any atom is -0.195 e. The van der Waals surface area contributed by atoms with Gasteiger partial charge in [-0.2, -0.15) is 17.0 Å². The average Bonchev–Trinajstić information content (AvgIpc) is 2.13. The molecule has 0 aromatic rings. The summed E-state index contributed by atoms with van der Waals surface area (Å²) in [6.07, 6.45) is 3.04. The lowest BCUT2D eigenvalue weighted by Gasteiger charge is -2.39. The highest BCUT2D eigenvalue weighted by molar-refractivity contribution is 7.86. The maximum Gasteiger partial charge on any atom is 0.282 e. The number of hydrogen-bond donors (Lipinski definition) is 0. The van der Waals surface area contributed by atoms with Crippen LogP contribution in [0, 0.1) is 0 Å². The molecule has 1 saturated carbocycles. The largest absolute Gasteiger partial charge is 0.282 e. The molecular weight excluding hydrogens is 248 g/mol. The van der Waals surface area contributed by atoms with Crippen LogP contribution < -0.4 is 0 Å². The Hall–Kier alpha value is 0.160. The second-order valence-electron chi connectivity index (χ2n) is 4.50. The highest BCUT2D eigenvalue weighted by atomic mass is 35.5. The third kappa shape index (κ3) is 2.88. The van der Waals surface area contributed by atoms with E-state index < -0.39 is 10.2 Å². The fourth-order valence-corrected chi connectivity index (χ4v) is 3.73. The molecule has 1 fully saturated rings. The van der Waals surface area contributed by atoms with Crippen molar-refractivity contribution in [1.82, 2.24) is 8.61 Å². The van der Waals surface area contributed by atoms with E-state index in [4.69, 9.17) is 11.6 Å². The van der Waals surface area contributed by atoms with Gasteiger partial charge < -0.3 is 0 Å². The normalized spacial score (nSPS) is 18.4. The van der Waals surface area contributed by atoms with E-state index in [-0.39, 0.29) is 12.1 Å². The van der Waals surface area contributed by atoms with E-state index in [9.17, 15) is 8.42 Å². The standard InChI is InChI=1S/C10H21ClN2O2S/c1-9(2)12(3)16(14,15)13(8-7-11)10-5-4-6-10/h9-10H,4-8H2,1-3H3. The predicted molar refractivity (Wildman–Crippen MR) is 66.9 cm³/mol. The molecule has 0 aromatic heterocycles. The molecule has 0 unspecified atom stereocenters. The van der Waals surface area contributed by atoms with Crippen LogP contribution in [-0.4, -0.2) is 48.6 Å². The molecule has 96 valence electrons. The average molecular weight is 269 g/mol. The van der Waals surface area contributed by atoms with Gasteiger partial charge in [-0.05, 0) is 26.7 Å². The molecule has 0 amide bonds. The first-order chi connectivity index (χ1) is 7.41. The molecule has 0 heterocycles. The molecule has 0 bridgehead atoms. The Morgan fingerprint density at radius 2 is 1.94 bits per heavy atom. The number of rotatable bonds is 6. The van der Waals surface area contributed by atoms with Gasteiger partial charge in [0.15, 0.2) is 0 Å². The van der Waals surface area contributed by atoms with Gasteiger partial charge in [0.2, 0.25) is 0 Å². The van der Waals surface area contributed by atoms with E-state index >= 15 is 0 Å². The summed E-state index contributed by atoms with van der Waals surface area (Å²) in [5.41, 5.74) is 0. The zero-order valence-electron chi connectivity index (χ0n) is 10.2. The third-order valence-corrected chi connectivity index (χ3v) is 5.57. The van der Waals surface area contributed by atoms with E-state index in [1.807, 2.05) is 13.8 Å². The summed E-state index contributed by atoms with van der Waals surface area (Å²) in [4.78, 5) is 0. The molecule has 0 N–H and O–H groups in total. The van der Waals surface area contributed by atoms with Gasteiger partial charge in [0, 0.05) is 31.6 Å². The summed E-state index contributed by atoms with van der Waals surface area (Å²) in [5.74, 6) is 0.349. The minimum atomic E-state index is -3.34. The SMILES string of the molecule is CC(C)N(C)S(=O)(=O)N(CCCl)C1CCC1. The maximum absolute atomic E-state index is 12.3. The van der Waals surface area contributed by atoms with Crippen LogP contribution >= 0.6 is 11.6 Å². The van der Waals surface area contributed by atoms with Crippen molar-refractivity contribution < 1.29 is 8.42 Å². The van der Waals surface area contributed by atoms with Crippen molar-refractivity contribution in [3.05, 3.63) is 0 Å². The molecule has 1 aliphatic rings. The van der Waals surface area contributed by atoms with Crippen molar-refractivity contribution in [2.75, 3.05) is 19.5 Å². The Bertz CT molecular complexity index is 315. The van der Waals surface area contributed by atoms with Crippen LogP contribution in [0.15, 0.2) is 0 Å². The summed E-state index contributed by atoms with van der Waals surface area (Å²) in [7, 11) is -1.72. The van der Waals surface area contributed by atoms with Crippen molar-refractivity contribution in [1.29, 1.82) is 0 Å². The molecule has 6 heteroatoms. The molecule has 1 aliphatic carbocycles. The third-order valence-electron chi connectivity index (χ3n) is 3.17. The molecule has 0 atom stereocenters. The number of hydrogen-bond acceptors (Lipinski definition) is 2. The first-order valence-corrected chi connectivity index (χ1v) is 7.65. The zero-order valence-corrected chi connectivity index (χ0v) is 11.8. The highest BCUT2D eigenvalue weighted by Crippen LogP contribution is 2.28. The summed E-state index contributed by atoms with van der Waals surface area (Å²) >= 11 is 5.69. The van der Waals surface area contributed by atoms with Gasteiger partial charge in [-0.25, -0.2) is 0 Å². The van der Waals surface area contributed by atoms with Crippen molar-refractivity contribution in [3.63, 3.8) is 0 Å². The second kappa shape index (κ2) is 5.67. The Labute approximate surface area is 104 Å². The smallest absolute Gasteiger partial charge is 0.195 e. The van der Waals surface area contributed by atoms with Gasteiger partial charge in [0.25, 0.3) is 10.2 Å². The first kappa shape index (κ1) is 14.2. The molecule has 0 radical (unpaired) electrons. The van der Waals surface area contributed by atoms with Crippen LogP contribution in [0.5, 0.6) is 0 Å². The Kier molecular flexibility index (Phi) is 5.04. The lowest BCUT2D eigenvalue weighted by molar-refractivity contribution is 0.211. The molecule has 0 saturated heterocycles. The summed E-state index contributed by atoms with van der Waals surface area (Å²) in [6, 6.07) is 0.132. The van der Waals surface area contributed by atoms with Gasteiger partial charge >= 0.3 is 0 Å². The quantitative estimate of drug-likeness (QED) is 0.688. The van der Waals surface area contributed by atoms with Crippen LogP contribution in [0.3, 0.4) is 0 Å². The van der Waals surface area contributed by atoms with Gasteiger partial charge in [-0.1, -0.05) is 6.42 Å². The first-order valence-electron chi connectivity index (χ1n) is 5.72. The van der Waals surface area contributed by atoms with Crippen LogP contribution in [0.25, 0.3) is 0 Å². The summed E-state index contributed by atoms with van der Waals surface area (Å²) < 4.78 is 27.6. The monoisotopic (exact) mass is 268 g/mol. The molecule has 16 heavy (non-hydrogen) atoms. The van der Waals surface area contributed by atoms with Gasteiger partial charge in [-0.15, -0.1) is 11.6 Å². The molecule has 1 rings (SSSR count). The van der Waals surface area contributed by atoms with Crippen LogP contribution in [0.1, 0.15) is 33.1 Å². The van der Waals surface area contributed by atoms with Crippen molar-refractivity contribution >= 4 is 21.8 Å². The molecule has 0 spiro atoms. The van der Waals surface area contributed by atoms with E-state index in [2.05, 4.69) is 0 Å². The number of halogens is 1. The fourth-order valence-electron chi connectivity index (χ4n) is 1.68. The van der Waals surface area contributed by atoms with Gasteiger partial charge in [0.05, 0.1) is 0 Å². The molecule has 0 aliphatic heterocycles. The molecule has 0 aromatic carbocycles. The van der Waals surface area contributed by atoms with Gasteiger partial charge in [0.1, 0.15) is 0 Å².